The maximum Gasteiger partial charge on any atom is 0.228 e. The highest BCUT2D eigenvalue weighted by Gasteiger charge is 2.24. The second-order valence-corrected chi connectivity index (χ2v) is 9.46. The van der Waals surface area contributed by atoms with Gasteiger partial charge in [-0.2, -0.15) is 0 Å². The molecule has 4 heteroatoms. The van der Waals surface area contributed by atoms with Crippen LogP contribution in [0, 0.1) is 12.8 Å². The second kappa shape index (κ2) is 9.02. The van der Waals surface area contributed by atoms with Gasteiger partial charge >= 0.3 is 0 Å². The van der Waals surface area contributed by atoms with E-state index >= 15 is 0 Å². The first-order chi connectivity index (χ1) is 16.5. The van der Waals surface area contributed by atoms with Crippen LogP contribution in [0.4, 0.5) is 0 Å². The predicted molar refractivity (Wildman–Crippen MR) is 136 cm³/mol. The average molecular weight is 452 g/mol. The van der Waals surface area contributed by atoms with Crippen LogP contribution in [0.1, 0.15) is 70.9 Å². The smallest absolute Gasteiger partial charge is 0.228 e. The number of fused-ring (bicyclic) bond motifs is 3. The van der Waals surface area contributed by atoms with Crippen molar-refractivity contribution in [3.8, 4) is 0 Å². The Morgan fingerprint density at radius 2 is 1.47 bits per heavy atom. The van der Waals surface area contributed by atoms with Gasteiger partial charge in [-0.05, 0) is 61.7 Å². The third-order valence-electron chi connectivity index (χ3n) is 7.30. The number of aromatic nitrogens is 1. The van der Waals surface area contributed by atoms with Gasteiger partial charge in [0.25, 0.3) is 0 Å². The van der Waals surface area contributed by atoms with E-state index in [1.54, 1.807) is 6.07 Å². The lowest BCUT2D eigenvalue weighted by Crippen LogP contribution is -2.17. The van der Waals surface area contributed by atoms with E-state index in [0.717, 1.165) is 59.6 Å². The fourth-order valence-corrected chi connectivity index (χ4v) is 5.44. The number of aryl methyl sites for hydroxylation is 2. The van der Waals surface area contributed by atoms with E-state index in [1.807, 2.05) is 61.5 Å². The molecule has 4 aromatic rings. The summed E-state index contributed by atoms with van der Waals surface area (Å²) in [6.07, 6.45) is 4.73. The van der Waals surface area contributed by atoms with Gasteiger partial charge in [0, 0.05) is 51.5 Å². The van der Waals surface area contributed by atoms with Crippen LogP contribution in [0.15, 0.2) is 60.7 Å². The maximum atomic E-state index is 13.2. The SMILES string of the molecule is CCn1c2ccc(C(=O)C(=O)CC3CCCC3)cc2c2cc(C(=O)c3ccccc3C)ccc21. The maximum absolute atomic E-state index is 13.2. The number of carbonyl (C=O) groups excluding carboxylic acids is 3. The normalized spacial score (nSPS) is 14.2. The van der Waals surface area contributed by atoms with Crippen LogP contribution in [-0.4, -0.2) is 21.9 Å². The Balaban J connectivity index is 1.57. The van der Waals surface area contributed by atoms with Crippen LogP contribution in [0.2, 0.25) is 0 Å². The van der Waals surface area contributed by atoms with Crippen LogP contribution < -0.4 is 0 Å². The number of ketones is 3. The topological polar surface area (TPSA) is 56.1 Å². The quantitative estimate of drug-likeness (QED) is 0.232. The first-order valence-electron chi connectivity index (χ1n) is 12.2. The molecule has 0 unspecified atom stereocenters. The van der Waals surface area contributed by atoms with Gasteiger partial charge in [0.2, 0.25) is 11.6 Å². The van der Waals surface area contributed by atoms with Crippen molar-refractivity contribution in [3.05, 3.63) is 82.9 Å². The van der Waals surface area contributed by atoms with Gasteiger partial charge in [0.05, 0.1) is 0 Å². The minimum absolute atomic E-state index is 0.0172. The zero-order valence-corrected chi connectivity index (χ0v) is 19.8. The van der Waals surface area contributed by atoms with Crippen LogP contribution in [0.25, 0.3) is 21.8 Å². The summed E-state index contributed by atoms with van der Waals surface area (Å²) in [6, 6.07) is 18.9. The number of nitrogens with zero attached hydrogens (tertiary/aromatic N) is 1. The Morgan fingerprint density at radius 1 is 0.853 bits per heavy atom. The highest BCUT2D eigenvalue weighted by atomic mass is 16.2. The van der Waals surface area contributed by atoms with Gasteiger partial charge in [0.15, 0.2) is 5.78 Å². The Morgan fingerprint density at radius 3 is 2.12 bits per heavy atom. The number of carbonyl (C=O) groups is 3. The number of hydrogen-bond donors (Lipinski definition) is 0. The predicted octanol–water partition coefficient (Wildman–Crippen LogP) is 6.69. The largest absolute Gasteiger partial charge is 0.341 e. The molecule has 172 valence electrons. The molecule has 0 bridgehead atoms. The van der Waals surface area contributed by atoms with Gasteiger partial charge in [0.1, 0.15) is 0 Å². The van der Waals surface area contributed by atoms with E-state index in [4.69, 9.17) is 0 Å². The molecule has 3 aromatic carbocycles. The van der Waals surface area contributed by atoms with Gasteiger partial charge in [-0.15, -0.1) is 0 Å². The summed E-state index contributed by atoms with van der Waals surface area (Å²) in [5.41, 5.74) is 4.69. The minimum Gasteiger partial charge on any atom is -0.341 e. The Bertz CT molecular complexity index is 1440. The molecule has 0 aliphatic heterocycles. The molecule has 4 nitrogen and oxygen atoms in total. The Hall–Kier alpha value is -3.53. The lowest BCUT2D eigenvalue weighted by atomic mass is 9.95. The lowest BCUT2D eigenvalue weighted by Gasteiger charge is -2.07. The minimum atomic E-state index is -0.404. The molecule has 0 atom stereocenters. The number of rotatable bonds is 7. The molecular weight excluding hydrogens is 422 g/mol. The van der Waals surface area contributed by atoms with Gasteiger partial charge < -0.3 is 4.57 Å². The second-order valence-electron chi connectivity index (χ2n) is 9.46. The van der Waals surface area contributed by atoms with Crippen molar-refractivity contribution in [3.63, 3.8) is 0 Å². The molecule has 1 aliphatic rings. The first kappa shape index (κ1) is 22.3. The summed E-state index contributed by atoms with van der Waals surface area (Å²) in [5, 5.41) is 1.82. The molecule has 1 fully saturated rings. The van der Waals surface area contributed by atoms with Crippen LogP contribution in [-0.2, 0) is 11.3 Å². The van der Waals surface area contributed by atoms with E-state index in [-0.39, 0.29) is 11.6 Å². The zero-order valence-electron chi connectivity index (χ0n) is 19.8. The third-order valence-corrected chi connectivity index (χ3v) is 7.30. The Labute approximate surface area is 199 Å². The molecule has 0 N–H and O–H groups in total. The first-order valence-corrected chi connectivity index (χ1v) is 12.2. The lowest BCUT2D eigenvalue weighted by molar-refractivity contribution is -0.115. The van der Waals surface area contributed by atoms with Crippen molar-refractivity contribution in [1.29, 1.82) is 0 Å². The van der Waals surface area contributed by atoms with Gasteiger partial charge in [-0.1, -0.05) is 49.9 Å². The van der Waals surface area contributed by atoms with E-state index in [2.05, 4.69) is 11.5 Å². The van der Waals surface area contributed by atoms with Gasteiger partial charge in [-0.3, -0.25) is 14.4 Å². The molecule has 1 aromatic heterocycles. The molecular formula is C30H29NO3. The summed E-state index contributed by atoms with van der Waals surface area (Å²) >= 11 is 0. The summed E-state index contributed by atoms with van der Waals surface area (Å²) in [4.78, 5) is 38.9. The van der Waals surface area contributed by atoms with E-state index in [0.29, 0.717) is 29.0 Å². The van der Waals surface area contributed by atoms with Crippen molar-refractivity contribution < 1.29 is 14.4 Å². The Kier molecular flexibility index (Phi) is 5.91. The number of Topliss-reactive ketones (excluding diaryl/α,β-unsaturated/α-hetero) is 2. The molecule has 0 saturated heterocycles. The summed E-state index contributed by atoms with van der Waals surface area (Å²) in [5.74, 6) is -0.368. The fourth-order valence-electron chi connectivity index (χ4n) is 5.44. The molecule has 1 heterocycles. The standard InChI is InChI=1S/C30H29NO3/c1-3-31-26-14-12-21(29(33)23-11-7-4-8-19(23)2)17-24(26)25-18-22(13-15-27(25)31)30(34)28(32)16-20-9-5-6-10-20/h4,7-8,11-15,17-18,20H,3,5-6,9-10,16H2,1-2H3. The average Bonchev–Trinajstić information content (AvgIpc) is 3.48. The van der Waals surface area contributed by atoms with E-state index in [9.17, 15) is 14.4 Å². The fraction of sp³-hybridized carbons (Fsp3) is 0.300. The highest BCUT2D eigenvalue weighted by molar-refractivity contribution is 6.44. The molecule has 1 saturated carbocycles. The number of benzene rings is 3. The molecule has 0 spiro atoms. The van der Waals surface area contributed by atoms with Crippen LogP contribution in [0.5, 0.6) is 0 Å². The molecule has 5 rings (SSSR count). The van der Waals surface area contributed by atoms with Crippen molar-refractivity contribution in [1.82, 2.24) is 4.57 Å². The van der Waals surface area contributed by atoms with Crippen molar-refractivity contribution in [2.75, 3.05) is 0 Å². The highest BCUT2D eigenvalue weighted by Crippen LogP contribution is 2.32. The third kappa shape index (κ3) is 3.87. The van der Waals surface area contributed by atoms with Crippen LogP contribution in [0.3, 0.4) is 0 Å². The summed E-state index contributed by atoms with van der Waals surface area (Å²) in [7, 11) is 0. The molecule has 0 amide bonds. The van der Waals surface area contributed by atoms with Crippen molar-refractivity contribution >= 4 is 39.2 Å². The zero-order chi connectivity index (χ0) is 23.8. The molecule has 0 radical (unpaired) electrons. The van der Waals surface area contributed by atoms with Crippen LogP contribution >= 0.6 is 0 Å². The summed E-state index contributed by atoms with van der Waals surface area (Å²) in [6.45, 7) is 4.78. The monoisotopic (exact) mass is 451 g/mol. The molecule has 34 heavy (non-hydrogen) atoms. The van der Waals surface area contributed by atoms with E-state index in [1.165, 1.54) is 0 Å². The molecule has 1 aliphatic carbocycles. The van der Waals surface area contributed by atoms with Gasteiger partial charge in [-0.25, -0.2) is 0 Å². The summed E-state index contributed by atoms with van der Waals surface area (Å²) < 4.78 is 2.18. The van der Waals surface area contributed by atoms with Crippen molar-refractivity contribution in [2.45, 2.75) is 52.5 Å². The van der Waals surface area contributed by atoms with E-state index < -0.39 is 5.78 Å². The number of hydrogen-bond acceptors (Lipinski definition) is 3. The van der Waals surface area contributed by atoms with Crippen molar-refractivity contribution in [2.24, 2.45) is 5.92 Å².